The molecular formula is C12H10ClN3O2S. The Morgan fingerprint density at radius 1 is 1.26 bits per heavy atom. The van der Waals surface area contributed by atoms with Crippen LogP contribution in [-0.2, 0) is 13.0 Å². The van der Waals surface area contributed by atoms with E-state index in [9.17, 15) is 9.59 Å². The van der Waals surface area contributed by atoms with Gasteiger partial charge in [0.25, 0.3) is 5.56 Å². The summed E-state index contributed by atoms with van der Waals surface area (Å²) in [6, 6.07) is 3.06. The molecule has 0 amide bonds. The van der Waals surface area contributed by atoms with Gasteiger partial charge >= 0.3 is 0 Å². The van der Waals surface area contributed by atoms with Crippen molar-refractivity contribution < 1.29 is 4.79 Å². The Bertz CT molecular complexity index is 707. The average Bonchev–Trinajstić information content (AvgIpc) is 2.79. The lowest BCUT2D eigenvalue weighted by atomic mass is 9.94. The zero-order valence-corrected chi connectivity index (χ0v) is 11.5. The number of hydrogen-bond acceptors (Lipinski definition) is 5. The van der Waals surface area contributed by atoms with E-state index in [2.05, 4.69) is 10.2 Å². The molecule has 0 spiro atoms. The molecule has 0 saturated carbocycles. The highest BCUT2D eigenvalue weighted by molar-refractivity contribution is 7.15. The van der Waals surface area contributed by atoms with Crippen LogP contribution in [-0.4, -0.2) is 20.5 Å². The Hall–Kier alpha value is -1.53. The second-order valence-electron chi connectivity index (χ2n) is 4.34. The predicted octanol–water partition coefficient (Wildman–Crippen LogP) is 1.92. The molecule has 3 rings (SSSR count). The van der Waals surface area contributed by atoms with E-state index in [1.165, 1.54) is 17.4 Å². The first-order valence-electron chi connectivity index (χ1n) is 5.89. The largest absolute Gasteiger partial charge is 0.305 e. The molecule has 2 aromatic rings. The van der Waals surface area contributed by atoms with E-state index in [1.807, 2.05) is 0 Å². The van der Waals surface area contributed by atoms with E-state index in [4.69, 9.17) is 11.6 Å². The van der Waals surface area contributed by atoms with Crippen molar-refractivity contribution in [1.82, 2.24) is 14.8 Å². The molecule has 0 aromatic carbocycles. The van der Waals surface area contributed by atoms with E-state index >= 15 is 0 Å². The summed E-state index contributed by atoms with van der Waals surface area (Å²) in [7, 11) is 0. The minimum absolute atomic E-state index is 0.102. The van der Waals surface area contributed by atoms with Crippen LogP contribution in [0, 0.1) is 0 Å². The van der Waals surface area contributed by atoms with E-state index in [-0.39, 0.29) is 11.3 Å². The summed E-state index contributed by atoms with van der Waals surface area (Å²) in [4.78, 5) is 23.8. The van der Waals surface area contributed by atoms with Gasteiger partial charge in [0.1, 0.15) is 5.01 Å². The topological polar surface area (TPSA) is 64.8 Å². The lowest BCUT2D eigenvalue weighted by Crippen LogP contribution is -2.28. The predicted molar refractivity (Wildman–Crippen MR) is 72.0 cm³/mol. The van der Waals surface area contributed by atoms with E-state index < -0.39 is 0 Å². The fourth-order valence-electron chi connectivity index (χ4n) is 2.30. The maximum atomic E-state index is 12.0. The highest BCUT2D eigenvalue weighted by Gasteiger charge is 2.21. The van der Waals surface area contributed by atoms with Gasteiger partial charge in [0, 0.05) is 23.7 Å². The molecular weight excluding hydrogens is 286 g/mol. The van der Waals surface area contributed by atoms with E-state index in [0.717, 1.165) is 18.5 Å². The van der Waals surface area contributed by atoms with Crippen LogP contribution in [0.25, 0.3) is 0 Å². The number of aromatic nitrogens is 3. The Morgan fingerprint density at radius 2 is 2.11 bits per heavy atom. The number of ketones is 1. The molecule has 7 heteroatoms. The number of fused-ring (bicyclic) bond motifs is 1. The van der Waals surface area contributed by atoms with Crippen molar-refractivity contribution in [1.29, 1.82) is 0 Å². The van der Waals surface area contributed by atoms with Crippen LogP contribution in [0.1, 0.15) is 33.9 Å². The number of Topliss-reactive ketones (excluding diaryl/α,β-unsaturated/α-hetero) is 1. The third kappa shape index (κ3) is 2.33. The van der Waals surface area contributed by atoms with Crippen molar-refractivity contribution in [3.8, 4) is 0 Å². The van der Waals surface area contributed by atoms with E-state index in [0.29, 0.717) is 28.0 Å². The van der Waals surface area contributed by atoms with Gasteiger partial charge in [0.05, 0.1) is 6.54 Å². The monoisotopic (exact) mass is 295 g/mol. The number of rotatable bonds is 2. The molecule has 0 radical (unpaired) electrons. The normalized spacial score (nSPS) is 14.5. The van der Waals surface area contributed by atoms with Gasteiger partial charge in [0.2, 0.25) is 4.47 Å². The molecule has 19 heavy (non-hydrogen) atoms. The average molecular weight is 296 g/mol. The molecule has 1 aliphatic carbocycles. The second-order valence-corrected chi connectivity index (χ2v) is 5.99. The van der Waals surface area contributed by atoms with E-state index in [1.54, 1.807) is 10.6 Å². The summed E-state index contributed by atoms with van der Waals surface area (Å²) >= 11 is 6.98. The van der Waals surface area contributed by atoms with Gasteiger partial charge < -0.3 is 4.57 Å². The Labute approximate surface area is 117 Å². The minimum atomic E-state index is -0.125. The lowest BCUT2D eigenvalue weighted by Gasteiger charge is -2.19. The maximum Gasteiger partial charge on any atom is 0.251 e. The first kappa shape index (κ1) is 12.5. The number of carbonyl (C=O) groups excluding carboxylic acids is 1. The molecule has 2 aromatic heterocycles. The molecule has 0 unspecified atom stereocenters. The molecule has 0 atom stereocenters. The van der Waals surface area contributed by atoms with Crippen LogP contribution in [0.4, 0.5) is 0 Å². The zero-order chi connectivity index (χ0) is 13.4. The number of halogens is 1. The molecule has 98 valence electrons. The summed E-state index contributed by atoms with van der Waals surface area (Å²) in [6.07, 6.45) is 2.08. The van der Waals surface area contributed by atoms with Crippen LogP contribution in [0.2, 0.25) is 4.47 Å². The van der Waals surface area contributed by atoms with Crippen molar-refractivity contribution in [2.45, 2.75) is 25.8 Å². The molecule has 0 aliphatic heterocycles. The maximum absolute atomic E-state index is 12.0. The molecule has 5 nitrogen and oxygen atoms in total. The summed E-state index contributed by atoms with van der Waals surface area (Å²) in [5.74, 6) is 0.102. The zero-order valence-electron chi connectivity index (χ0n) is 9.93. The molecule has 0 saturated heterocycles. The first-order chi connectivity index (χ1) is 9.15. The standard InChI is InChI=1S/C12H10ClN3O2S/c13-12-15-14-10(19-12)6-16-8-2-1-3-9(17)7(8)4-5-11(16)18/h4-5H,1-3,6H2. The van der Waals surface area contributed by atoms with Crippen LogP contribution < -0.4 is 5.56 Å². The van der Waals surface area contributed by atoms with Crippen LogP contribution in [0.5, 0.6) is 0 Å². The van der Waals surface area contributed by atoms with Crippen molar-refractivity contribution in [2.24, 2.45) is 0 Å². The molecule has 0 N–H and O–H groups in total. The van der Waals surface area contributed by atoms with Crippen molar-refractivity contribution in [2.75, 3.05) is 0 Å². The van der Waals surface area contributed by atoms with Crippen molar-refractivity contribution >= 4 is 28.7 Å². The van der Waals surface area contributed by atoms with Crippen LogP contribution in [0.15, 0.2) is 16.9 Å². The third-order valence-electron chi connectivity index (χ3n) is 3.15. The number of pyridine rings is 1. The van der Waals surface area contributed by atoms with Crippen molar-refractivity contribution in [3.05, 3.63) is 43.2 Å². The second kappa shape index (κ2) is 4.86. The van der Waals surface area contributed by atoms with Gasteiger partial charge in [-0.3, -0.25) is 9.59 Å². The number of nitrogens with zero attached hydrogens (tertiary/aromatic N) is 3. The molecule has 0 bridgehead atoms. The summed E-state index contributed by atoms with van der Waals surface area (Å²) < 4.78 is 1.95. The van der Waals surface area contributed by atoms with Gasteiger partial charge in [0.15, 0.2) is 5.78 Å². The fourth-order valence-corrected chi connectivity index (χ4v) is 3.16. The third-order valence-corrected chi connectivity index (χ3v) is 4.15. The minimum Gasteiger partial charge on any atom is -0.305 e. The van der Waals surface area contributed by atoms with Gasteiger partial charge in [-0.1, -0.05) is 11.3 Å². The molecule has 0 fully saturated rings. The van der Waals surface area contributed by atoms with Gasteiger partial charge in [-0.25, -0.2) is 0 Å². The Kier molecular flexibility index (Phi) is 3.20. The summed E-state index contributed by atoms with van der Waals surface area (Å²) in [6.45, 7) is 0.319. The van der Waals surface area contributed by atoms with Gasteiger partial charge in [-0.2, -0.15) is 0 Å². The quantitative estimate of drug-likeness (QED) is 0.849. The molecule has 1 aliphatic rings. The number of hydrogen-bond donors (Lipinski definition) is 0. The highest BCUT2D eigenvalue weighted by atomic mass is 35.5. The SMILES string of the molecule is O=C1CCCc2c1ccc(=O)n2Cc1nnc(Cl)s1. The van der Waals surface area contributed by atoms with Crippen LogP contribution in [0.3, 0.4) is 0 Å². The summed E-state index contributed by atoms with van der Waals surface area (Å²) in [5, 5.41) is 8.30. The molecule has 2 heterocycles. The lowest BCUT2D eigenvalue weighted by molar-refractivity contribution is 0.0970. The highest BCUT2D eigenvalue weighted by Crippen LogP contribution is 2.21. The summed E-state index contributed by atoms with van der Waals surface area (Å²) in [5.41, 5.74) is 1.33. The van der Waals surface area contributed by atoms with Gasteiger partial charge in [-0.05, 0) is 30.5 Å². The van der Waals surface area contributed by atoms with Crippen LogP contribution >= 0.6 is 22.9 Å². The Morgan fingerprint density at radius 3 is 2.84 bits per heavy atom. The fraction of sp³-hybridized carbons (Fsp3) is 0.333. The van der Waals surface area contributed by atoms with Crippen molar-refractivity contribution in [3.63, 3.8) is 0 Å². The Balaban J connectivity index is 2.07. The number of carbonyl (C=O) groups is 1. The van der Waals surface area contributed by atoms with Gasteiger partial charge in [-0.15, -0.1) is 10.2 Å². The first-order valence-corrected chi connectivity index (χ1v) is 7.08. The smallest absolute Gasteiger partial charge is 0.251 e.